The first kappa shape index (κ1) is 17.2. The molecule has 1 N–H and O–H groups in total. The number of nitrogens with zero attached hydrogens (tertiary/aromatic N) is 4. The van der Waals surface area contributed by atoms with Crippen molar-refractivity contribution in [2.75, 3.05) is 11.9 Å². The summed E-state index contributed by atoms with van der Waals surface area (Å²) >= 11 is 1.39. The number of aromatic nitrogens is 4. The molecule has 4 aromatic rings. The van der Waals surface area contributed by atoms with E-state index in [-0.39, 0.29) is 11.6 Å². The molecule has 0 aliphatic rings. The summed E-state index contributed by atoms with van der Waals surface area (Å²) in [5.41, 5.74) is 2.43. The largest absolute Gasteiger partial charge is 0.494 e. The Labute approximate surface area is 159 Å². The van der Waals surface area contributed by atoms with E-state index in [2.05, 4.69) is 20.5 Å². The lowest BCUT2D eigenvalue weighted by Gasteiger charge is -2.00. The highest BCUT2D eigenvalue weighted by Crippen LogP contribution is 2.29. The van der Waals surface area contributed by atoms with Gasteiger partial charge in [-0.25, -0.2) is 4.98 Å². The Balaban J connectivity index is 1.57. The monoisotopic (exact) mass is 379 g/mol. The Bertz CT molecular complexity index is 1100. The van der Waals surface area contributed by atoms with Crippen LogP contribution in [-0.2, 0) is 0 Å². The number of amides is 1. The Kier molecular flexibility index (Phi) is 4.55. The standard InChI is InChI=1S/C19H17N5O2S/c1-3-26-14-9-10-15-16(11-14)27-19(20-15)21-18(25)17-12(2)22-24(23-17)13-7-5-4-6-8-13/h4-11H,3H2,1-2H3,(H,20,21,25). The molecule has 0 fully saturated rings. The van der Waals surface area contributed by atoms with Gasteiger partial charge < -0.3 is 4.74 Å². The van der Waals surface area contributed by atoms with Crippen molar-refractivity contribution >= 4 is 32.6 Å². The Hall–Kier alpha value is -3.26. The van der Waals surface area contributed by atoms with Gasteiger partial charge in [0.25, 0.3) is 5.91 Å². The van der Waals surface area contributed by atoms with Crippen molar-refractivity contribution in [3.05, 3.63) is 59.9 Å². The molecule has 27 heavy (non-hydrogen) atoms. The zero-order chi connectivity index (χ0) is 18.8. The van der Waals surface area contributed by atoms with Gasteiger partial charge in [-0.15, -0.1) is 5.10 Å². The highest BCUT2D eigenvalue weighted by molar-refractivity contribution is 7.22. The SMILES string of the molecule is CCOc1ccc2nc(NC(=O)c3nn(-c4ccccc4)nc3C)sc2c1. The minimum absolute atomic E-state index is 0.271. The number of hydrogen-bond acceptors (Lipinski definition) is 6. The zero-order valence-electron chi connectivity index (χ0n) is 14.8. The van der Waals surface area contributed by atoms with Crippen LogP contribution in [0.25, 0.3) is 15.9 Å². The van der Waals surface area contributed by atoms with E-state index < -0.39 is 0 Å². The van der Waals surface area contributed by atoms with Crippen LogP contribution in [0.3, 0.4) is 0 Å². The van der Waals surface area contributed by atoms with Crippen molar-refractivity contribution in [3.8, 4) is 11.4 Å². The summed E-state index contributed by atoms with van der Waals surface area (Å²) in [4.78, 5) is 18.5. The number of benzene rings is 2. The maximum atomic E-state index is 12.6. The minimum Gasteiger partial charge on any atom is -0.494 e. The lowest BCUT2D eigenvalue weighted by Crippen LogP contribution is -2.14. The van der Waals surface area contributed by atoms with Crippen LogP contribution in [0.4, 0.5) is 5.13 Å². The molecule has 0 atom stereocenters. The number of ether oxygens (including phenoxy) is 1. The average molecular weight is 379 g/mol. The summed E-state index contributed by atoms with van der Waals surface area (Å²) in [7, 11) is 0. The number of anilines is 1. The molecular weight excluding hydrogens is 362 g/mol. The molecule has 7 nitrogen and oxygen atoms in total. The molecular formula is C19H17N5O2S. The van der Waals surface area contributed by atoms with Crippen molar-refractivity contribution in [1.82, 2.24) is 20.0 Å². The fourth-order valence-corrected chi connectivity index (χ4v) is 3.53. The van der Waals surface area contributed by atoms with Crippen LogP contribution in [0.5, 0.6) is 5.75 Å². The number of carbonyl (C=O) groups is 1. The molecule has 0 aliphatic carbocycles. The van der Waals surface area contributed by atoms with Crippen molar-refractivity contribution in [2.24, 2.45) is 0 Å². The molecule has 0 saturated carbocycles. The number of carbonyl (C=O) groups excluding carboxylic acids is 1. The Morgan fingerprint density at radius 2 is 2.00 bits per heavy atom. The van der Waals surface area contributed by atoms with Gasteiger partial charge in [0.05, 0.1) is 28.2 Å². The van der Waals surface area contributed by atoms with Gasteiger partial charge in [-0.2, -0.15) is 9.90 Å². The van der Waals surface area contributed by atoms with Crippen LogP contribution >= 0.6 is 11.3 Å². The molecule has 0 saturated heterocycles. The predicted molar refractivity (Wildman–Crippen MR) is 105 cm³/mol. The highest BCUT2D eigenvalue weighted by Gasteiger charge is 2.18. The lowest BCUT2D eigenvalue weighted by atomic mass is 10.3. The summed E-state index contributed by atoms with van der Waals surface area (Å²) in [5, 5.41) is 12.0. The second-order valence-corrected chi connectivity index (χ2v) is 6.83. The summed E-state index contributed by atoms with van der Waals surface area (Å²) in [6.07, 6.45) is 0. The van der Waals surface area contributed by atoms with Gasteiger partial charge in [0.2, 0.25) is 0 Å². The molecule has 136 valence electrons. The number of nitrogens with one attached hydrogen (secondary N) is 1. The maximum Gasteiger partial charge on any atom is 0.279 e. The minimum atomic E-state index is -0.334. The van der Waals surface area contributed by atoms with E-state index in [0.29, 0.717) is 17.4 Å². The summed E-state index contributed by atoms with van der Waals surface area (Å²) < 4.78 is 6.45. The van der Waals surface area contributed by atoms with Crippen LogP contribution in [0.15, 0.2) is 48.5 Å². The van der Waals surface area contributed by atoms with Crippen LogP contribution in [0.1, 0.15) is 23.1 Å². The van der Waals surface area contributed by atoms with E-state index >= 15 is 0 Å². The second kappa shape index (κ2) is 7.16. The third-order valence-corrected chi connectivity index (χ3v) is 4.81. The second-order valence-electron chi connectivity index (χ2n) is 5.79. The van der Waals surface area contributed by atoms with Gasteiger partial charge in [-0.3, -0.25) is 10.1 Å². The summed E-state index contributed by atoms with van der Waals surface area (Å²) in [6, 6.07) is 15.1. The van der Waals surface area contributed by atoms with Crippen molar-refractivity contribution in [2.45, 2.75) is 13.8 Å². The molecule has 0 aliphatic heterocycles. The third-order valence-electron chi connectivity index (χ3n) is 3.88. The molecule has 4 rings (SSSR count). The van der Waals surface area contributed by atoms with E-state index in [0.717, 1.165) is 21.7 Å². The first-order chi connectivity index (χ1) is 13.1. The summed E-state index contributed by atoms with van der Waals surface area (Å²) in [6.45, 7) is 4.30. The van der Waals surface area contributed by atoms with Gasteiger partial charge in [0, 0.05) is 0 Å². The number of fused-ring (bicyclic) bond motifs is 1. The van der Waals surface area contributed by atoms with Crippen molar-refractivity contribution < 1.29 is 9.53 Å². The quantitative estimate of drug-likeness (QED) is 0.570. The number of thiazole rings is 1. The first-order valence-electron chi connectivity index (χ1n) is 8.48. The van der Waals surface area contributed by atoms with Crippen LogP contribution in [0, 0.1) is 6.92 Å². The molecule has 2 aromatic heterocycles. The molecule has 8 heteroatoms. The maximum absolute atomic E-state index is 12.6. The Morgan fingerprint density at radius 1 is 1.19 bits per heavy atom. The zero-order valence-corrected chi connectivity index (χ0v) is 15.7. The molecule has 2 heterocycles. The molecule has 2 aromatic carbocycles. The highest BCUT2D eigenvalue weighted by atomic mass is 32.1. The lowest BCUT2D eigenvalue weighted by molar-refractivity contribution is 0.102. The fraction of sp³-hybridized carbons (Fsp3) is 0.158. The van der Waals surface area contributed by atoms with Gasteiger partial charge in [0.1, 0.15) is 5.75 Å². The topological polar surface area (TPSA) is 81.9 Å². The van der Waals surface area contributed by atoms with Crippen LogP contribution in [0.2, 0.25) is 0 Å². The first-order valence-corrected chi connectivity index (χ1v) is 9.30. The van der Waals surface area contributed by atoms with Gasteiger partial charge in [-0.05, 0) is 44.2 Å². The van der Waals surface area contributed by atoms with Crippen LogP contribution in [-0.4, -0.2) is 32.5 Å². The smallest absolute Gasteiger partial charge is 0.279 e. The molecule has 1 amide bonds. The molecule has 0 spiro atoms. The van der Waals surface area contributed by atoms with E-state index in [9.17, 15) is 4.79 Å². The average Bonchev–Trinajstić information content (AvgIpc) is 3.25. The fourth-order valence-electron chi connectivity index (χ4n) is 2.64. The Morgan fingerprint density at radius 3 is 2.78 bits per heavy atom. The molecule has 0 unspecified atom stereocenters. The van der Waals surface area contributed by atoms with Gasteiger partial charge in [0.15, 0.2) is 10.8 Å². The molecule has 0 bridgehead atoms. The predicted octanol–water partition coefficient (Wildman–Crippen LogP) is 3.84. The summed E-state index contributed by atoms with van der Waals surface area (Å²) in [5.74, 6) is 0.451. The number of rotatable bonds is 5. The normalized spacial score (nSPS) is 10.9. The third kappa shape index (κ3) is 3.52. The number of para-hydroxylation sites is 1. The van der Waals surface area contributed by atoms with Gasteiger partial charge in [-0.1, -0.05) is 29.5 Å². The van der Waals surface area contributed by atoms with Crippen molar-refractivity contribution in [3.63, 3.8) is 0 Å². The molecule has 0 radical (unpaired) electrons. The van der Waals surface area contributed by atoms with Crippen molar-refractivity contribution in [1.29, 1.82) is 0 Å². The number of hydrogen-bond donors (Lipinski definition) is 1. The van der Waals surface area contributed by atoms with E-state index in [1.54, 1.807) is 6.92 Å². The van der Waals surface area contributed by atoms with E-state index in [1.807, 2.05) is 55.5 Å². The van der Waals surface area contributed by atoms with Crippen LogP contribution < -0.4 is 10.1 Å². The van der Waals surface area contributed by atoms with E-state index in [1.165, 1.54) is 16.1 Å². The van der Waals surface area contributed by atoms with E-state index in [4.69, 9.17) is 4.74 Å². The van der Waals surface area contributed by atoms with Gasteiger partial charge >= 0.3 is 0 Å². The number of aryl methyl sites for hydroxylation is 1.